The first-order chi connectivity index (χ1) is 15.2. The van der Waals surface area contributed by atoms with E-state index >= 15 is 0 Å². The lowest BCUT2D eigenvalue weighted by molar-refractivity contribution is -0.384. The van der Waals surface area contributed by atoms with E-state index in [9.17, 15) is 23.3 Å². The highest BCUT2D eigenvalue weighted by atomic mass is 19.4. The van der Waals surface area contributed by atoms with Crippen LogP contribution in [0.5, 0.6) is 5.75 Å². The minimum atomic E-state index is -4.82. The van der Waals surface area contributed by atoms with Gasteiger partial charge in [0.05, 0.1) is 4.92 Å². The third kappa shape index (κ3) is 6.67. The Balaban J connectivity index is 1.66. The molecule has 0 aliphatic heterocycles. The molecule has 0 spiro atoms. The van der Waals surface area contributed by atoms with Gasteiger partial charge in [-0.3, -0.25) is 10.1 Å². The van der Waals surface area contributed by atoms with Crippen molar-refractivity contribution < 1.29 is 22.8 Å². The third-order valence-electron chi connectivity index (χ3n) is 5.46. The fraction of sp³-hybridized carbons (Fsp3) is 0.500. The van der Waals surface area contributed by atoms with E-state index in [1.807, 2.05) is 0 Å². The SMILES string of the molecule is NC[C@H]1CC[C@H](CNc2nc(NCc3ccccc3OC(F)(F)F)ncc2[N+](=O)[O-])CC1. The summed E-state index contributed by atoms with van der Waals surface area (Å²) in [5, 5.41) is 17.2. The standard InChI is InChI=1S/C20H25F3N6O3/c21-20(22,23)32-17-4-2-1-3-15(17)11-26-19-27-12-16(29(30)31)18(28-19)25-10-14-7-5-13(9-24)6-8-14/h1-4,12-14H,5-11,24H2,(H2,25,26,27,28)/t13-,14-. The van der Waals surface area contributed by atoms with Crippen molar-refractivity contribution in [2.75, 3.05) is 23.7 Å². The lowest BCUT2D eigenvalue weighted by Gasteiger charge is -2.27. The third-order valence-corrected chi connectivity index (χ3v) is 5.46. The van der Waals surface area contributed by atoms with Gasteiger partial charge >= 0.3 is 12.0 Å². The average molecular weight is 454 g/mol. The number of ether oxygens (including phenoxy) is 1. The maximum atomic E-state index is 12.6. The molecule has 1 aromatic carbocycles. The molecule has 174 valence electrons. The van der Waals surface area contributed by atoms with Gasteiger partial charge in [0.2, 0.25) is 11.8 Å². The van der Waals surface area contributed by atoms with Gasteiger partial charge < -0.3 is 21.1 Å². The zero-order valence-corrected chi connectivity index (χ0v) is 17.3. The number of para-hydroxylation sites is 1. The highest BCUT2D eigenvalue weighted by Gasteiger charge is 2.32. The molecular weight excluding hydrogens is 429 g/mol. The summed E-state index contributed by atoms with van der Waals surface area (Å²) in [6.07, 6.45) is 0.271. The summed E-state index contributed by atoms with van der Waals surface area (Å²) in [5.74, 6) is 0.649. The van der Waals surface area contributed by atoms with Crippen molar-refractivity contribution in [1.29, 1.82) is 0 Å². The van der Waals surface area contributed by atoms with Crippen LogP contribution in [0.2, 0.25) is 0 Å². The van der Waals surface area contributed by atoms with E-state index in [-0.39, 0.29) is 35.3 Å². The van der Waals surface area contributed by atoms with Crippen LogP contribution in [0, 0.1) is 22.0 Å². The number of alkyl halides is 3. The van der Waals surface area contributed by atoms with Crippen LogP contribution >= 0.6 is 0 Å². The predicted molar refractivity (Wildman–Crippen MR) is 112 cm³/mol. The van der Waals surface area contributed by atoms with Crippen LogP contribution in [-0.2, 0) is 6.54 Å². The topological polar surface area (TPSA) is 128 Å². The molecule has 32 heavy (non-hydrogen) atoms. The van der Waals surface area contributed by atoms with E-state index in [1.165, 1.54) is 18.2 Å². The van der Waals surface area contributed by atoms with Crippen molar-refractivity contribution in [2.45, 2.75) is 38.6 Å². The highest BCUT2D eigenvalue weighted by Crippen LogP contribution is 2.30. The van der Waals surface area contributed by atoms with Crippen LogP contribution in [0.4, 0.5) is 30.6 Å². The van der Waals surface area contributed by atoms with Crippen molar-refractivity contribution in [1.82, 2.24) is 9.97 Å². The number of nitrogens with two attached hydrogens (primary N) is 1. The molecule has 12 heteroatoms. The van der Waals surface area contributed by atoms with Crippen molar-refractivity contribution in [3.63, 3.8) is 0 Å². The Morgan fingerprint density at radius 3 is 2.50 bits per heavy atom. The largest absolute Gasteiger partial charge is 0.573 e. The maximum Gasteiger partial charge on any atom is 0.573 e. The molecule has 0 saturated heterocycles. The average Bonchev–Trinajstić information content (AvgIpc) is 2.76. The lowest BCUT2D eigenvalue weighted by Crippen LogP contribution is -2.25. The quantitative estimate of drug-likeness (QED) is 0.382. The van der Waals surface area contributed by atoms with Crippen molar-refractivity contribution in [3.05, 3.63) is 46.1 Å². The van der Waals surface area contributed by atoms with E-state index in [1.54, 1.807) is 6.07 Å². The fourth-order valence-corrected chi connectivity index (χ4v) is 3.69. The van der Waals surface area contributed by atoms with Gasteiger partial charge in [-0.15, -0.1) is 13.2 Å². The van der Waals surface area contributed by atoms with Crippen LogP contribution in [-0.4, -0.2) is 34.3 Å². The number of rotatable bonds is 9. The Morgan fingerprint density at radius 2 is 1.84 bits per heavy atom. The Labute approximate surface area is 182 Å². The summed E-state index contributed by atoms with van der Waals surface area (Å²) < 4.78 is 41.8. The van der Waals surface area contributed by atoms with Crippen LogP contribution in [0.25, 0.3) is 0 Å². The number of aromatic nitrogens is 2. The molecule has 1 aliphatic carbocycles. The fourth-order valence-electron chi connectivity index (χ4n) is 3.69. The van der Waals surface area contributed by atoms with Crippen LogP contribution in [0.15, 0.2) is 30.5 Å². The van der Waals surface area contributed by atoms with Gasteiger partial charge in [0, 0.05) is 18.7 Å². The van der Waals surface area contributed by atoms with Gasteiger partial charge in [0.25, 0.3) is 0 Å². The second-order valence-corrected chi connectivity index (χ2v) is 7.70. The molecule has 1 saturated carbocycles. The van der Waals surface area contributed by atoms with Crippen LogP contribution < -0.4 is 21.1 Å². The normalized spacial score (nSPS) is 18.8. The molecule has 0 bridgehead atoms. The summed E-state index contributed by atoms with van der Waals surface area (Å²) in [7, 11) is 0. The van der Waals surface area contributed by atoms with E-state index < -0.39 is 11.3 Å². The van der Waals surface area contributed by atoms with Gasteiger partial charge in [-0.2, -0.15) is 4.98 Å². The summed E-state index contributed by atoms with van der Waals surface area (Å²) in [6, 6.07) is 5.67. The van der Waals surface area contributed by atoms with Crippen LogP contribution in [0.3, 0.4) is 0 Å². The minimum Gasteiger partial charge on any atom is -0.405 e. The molecule has 1 fully saturated rings. The van der Waals surface area contributed by atoms with E-state index in [4.69, 9.17) is 5.73 Å². The first-order valence-corrected chi connectivity index (χ1v) is 10.3. The second-order valence-electron chi connectivity index (χ2n) is 7.70. The van der Waals surface area contributed by atoms with Gasteiger partial charge in [-0.1, -0.05) is 18.2 Å². The highest BCUT2D eigenvalue weighted by molar-refractivity contribution is 5.57. The molecule has 3 rings (SSSR count). The number of nitrogens with one attached hydrogen (secondary N) is 2. The Bertz CT molecular complexity index is 920. The molecule has 0 amide bonds. The van der Waals surface area contributed by atoms with Crippen molar-refractivity contribution >= 4 is 17.5 Å². The molecule has 1 heterocycles. The van der Waals surface area contributed by atoms with Gasteiger partial charge in [-0.05, 0) is 50.1 Å². The Hall–Kier alpha value is -3.15. The number of benzene rings is 1. The molecular formula is C20H25F3N6O3. The van der Waals surface area contributed by atoms with Gasteiger partial charge in [0.1, 0.15) is 11.9 Å². The number of anilines is 2. The predicted octanol–water partition coefficient (Wildman–Crippen LogP) is 4.07. The minimum absolute atomic E-state index is 0.0479. The zero-order valence-electron chi connectivity index (χ0n) is 17.3. The first kappa shape index (κ1) is 23.5. The van der Waals surface area contributed by atoms with E-state index in [0.29, 0.717) is 24.9 Å². The summed E-state index contributed by atoms with van der Waals surface area (Å²) in [4.78, 5) is 18.9. The van der Waals surface area contributed by atoms with E-state index in [2.05, 4.69) is 25.3 Å². The van der Waals surface area contributed by atoms with E-state index in [0.717, 1.165) is 31.9 Å². The molecule has 2 aromatic rings. The first-order valence-electron chi connectivity index (χ1n) is 10.3. The van der Waals surface area contributed by atoms with Gasteiger partial charge in [-0.25, -0.2) is 4.98 Å². The molecule has 0 radical (unpaired) electrons. The molecule has 0 unspecified atom stereocenters. The lowest BCUT2D eigenvalue weighted by atomic mass is 9.82. The number of hydrogen-bond donors (Lipinski definition) is 3. The van der Waals surface area contributed by atoms with Crippen molar-refractivity contribution in [3.8, 4) is 5.75 Å². The Morgan fingerprint density at radius 1 is 1.16 bits per heavy atom. The molecule has 1 aliphatic rings. The molecule has 9 nitrogen and oxygen atoms in total. The van der Waals surface area contributed by atoms with Gasteiger partial charge in [0.15, 0.2) is 0 Å². The number of hydrogen-bond acceptors (Lipinski definition) is 8. The molecule has 4 N–H and O–H groups in total. The van der Waals surface area contributed by atoms with Crippen molar-refractivity contribution in [2.24, 2.45) is 17.6 Å². The number of halogens is 3. The number of nitro groups is 1. The summed E-state index contributed by atoms with van der Waals surface area (Å²) >= 11 is 0. The van der Waals surface area contributed by atoms with Crippen LogP contribution in [0.1, 0.15) is 31.2 Å². The second kappa shape index (κ2) is 10.4. The monoisotopic (exact) mass is 454 g/mol. The zero-order chi connectivity index (χ0) is 23.1. The smallest absolute Gasteiger partial charge is 0.405 e. The molecule has 0 atom stereocenters. The molecule has 1 aromatic heterocycles. The maximum absolute atomic E-state index is 12.6. The summed E-state index contributed by atoms with van der Waals surface area (Å²) in [6.45, 7) is 1.13. The number of nitrogens with zero attached hydrogens (tertiary/aromatic N) is 3. The summed E-state index contributed by atoms with van der Waals surface area (Å²) in [5.41, 5.74) is 5.68. The Kier molecular flexibility index (Phi) is 7.67.